The fourth-order valence-corrected chi connectivity index (χ4v) is 2.53. The van der Waals surface area contributed by atoms with Crippen LogP contribution in [0.25, 0.3) is 0 Å². The zero-order chi connectivity index (χ0) is 9.97. The van der Waals surface area contributed by atoms with Crippen LogP contribution < -0.4 is 0 Å². The Morgan fingerprint density at radius 3 is 2.57 bits per heavy atom. The second-order valence-electron chi connectivity index (χ2n) is 2.94. The van der Waals surface area contributed by atoms with E-state index in [-0.39, 0.29) is 0 Å². The maximum atomic E-state index is 10.0. The molecule has 0 aliphatic heterocycles. The van der Waals surface area contributed by atoms with E-state index in [4.69, 9.17) is 0 Å². The smallest absolute Gasteiger partial charge is 0.114 e. The topological polar surface area (TPSA) is 20.2 Å². The number of benzene rings is 1. The van der Waals surface area contributed by atoms with Gasteiger partial charge in [-0.25, -0.2) is 0 Å². The molecular weight excluding hydrogens is 260 g/mol. The largest absolute Gasteiger partial charge is 0.383 e. The summed E-state index contributed by atoms with van der Waals surface area (Å²) in [6.07, 6.45) is -0.523. The van der Waals surface area contributed by atoms with Gasteiger partial charge in [0.25, 0.3) is 0 Å². The number of rotatable bonds is 2. The van der Waals surface area contributed by atoms with Gasteiger partial charge in [0.15, 0.2) is 0 Å². The van der Waals surface area contributed by atoms with Crippen molar-refractivity contribution in [3.63, 3.8) is 0 Å². The SMILES string of the molecule is OC(c1cccs1)c1ccccc1Br. The molecule has 14 heavy (non-hydrogen) atoms. The van der Waals surface area contributed by atoms with Crippen molar-refractivity contribution in [2.24, 2.45) is 0 Å². The van der Waals surface area contributed by atoms with Gasteiger partial charge in [0.1, 0.15) is 6.10 Å². The molecule has 1 atom stereocenters. The van der Waals surface area contributed by atoms with Gasteiger partial charge in [-0.1, -0.05) is 40.2 Å². The first-order chi connectivity index (χ1) is 6.79. The zero-order valence-corrected chi connectivity index (χ0v) is 9.75. The molecule has 0 amide bonds. The summed E-state index contributed by atoms with van der Waals surface area (Å²) in [4.78, 5) is 0.969. The number of aliphatic hydroxyl groups excluding tert-OH is 1. The van der Waals surface area contributed by atoms with Crippen LogP contribution >= 0.6 is 27.3 Å². The quantitative estimate of drug-likeness (QED) is 0.883. The Morgan fingerprint density at radius 2 is 1.93 bits per heavy atom. The van der Waals surface area contributed by atoms with E-state index in [1.54, 1.807) is 11.3 Å². The highest BCUT2D eigenvalue weighted by atomic mass is 79.9. The molecule has 1 nitrogen and oxygen atoms in total. The highest BCUT2D eigenvalue weighted by Crippen LogP contribution is 2.30. The van der Waals surface area contributed by atoms with Gasteiger partial charge in [0.2, 0.25) is 0 Å². The second kappa shape index (κ2) is 4.26. The van der Waals surface area contributed by atoms with Crippen molar-refractivity contribution in [3.8, 4) is 0 Å². The molecule has 1 N–H and O–H groups in total. The molecule has 0 saturated heterocycles. The molecule has 0 aliphatic carbocycles. The lowest BCUT2D eigenvalue weighted by Gasteiger charge is -2.10. The normalized spacial score (nSPS) is 12.7. The third-order valence-corrected chi connectivity index (χ3v) is 3.66. The Hall–Kier alpha value is -0.640. The lowest BCUT2D eigenvalue weighted by atomic mass is 10.1. The molecule has 0 aliphatic rings. The summed E-state index contributed by atoms with van der Waals surface area (Å²) in [5.74, 6) is 0. The Balaban J connectivity index is 2.37. The van der Waals surface area contributed by atoms with Crippen LogP contribution in [0.15, 0.2) is 46.3 Å². The zero-order valence-electron chi connectivity index (χ0n) is 7.35. The molecule has 0 saturated carbocycles. The molecule has 1 aromatic heterocycles. The van der Waals surface area contributed by atoms with E-state index in [0.717, 1.165) is 14.9 Å². The molecule has 1 unspecified atom stereocenters. The fourth-order valence-electron chi connectivity index (χ4n) is 1.30. The summed E-state index contributed by atoms with van der Waals surface area (Å²) in [6, 6.07) is 11.6. The minimum absolute atomic E-state index is 0.523. The molecule has 2 aromatic rings. The van der Waals surface area contributed by atoms with Crippen LogP contribution in [0.5, 0.6) is 0 Å². The van der Waals surface area contributed by atoms with Gasteiger partial charge in [0, 0.05) is 9.35 Å². The van der Waals surface area contributed by atoms with E-state index in [1.165, 1.54) is 0 Å². The molecule has 1 aromatic carbocycles. The summed E-state index contributed by atoms with van der Waals surface area (Å²) >= 11 is 4.99. The van der Waals surface area contributed by atoms with Crippen LogP contribution in [0.2, 0.25) is 0 Å². The maximum Gasteiger partial charge on any atom is 0.114 e. The first-order valence-electron chi connectivity index (χ1n) is 4.25. The summed E-state index contributed by atoms with van der Waals surface area (Å²) in [7, 11) is 0. The molecule has 0 bridgehead atoms. The highest BCUT2D eigenvalue weighted by molar-refractivity contribution is 9.10. The molecule has 72 valence electrons. The summed E-state index contributed by atoms with van der Waals surface area (Å²) in [6.45, 7) is 0. The maximum absolute atomic E-state index is 10.0. The van der Waals surface area contributed by atoms with Gasteiger partial charge in [-0.2, -0.15) is 0 Å². The minimum Gasteiger partial charge on any atom is -0.383 e. The van der Waals surface area contributed by atoms with Crippen LogP contribution in [0.1, 0.15) is 16.5 Å². The van der Waals surface area contributed by atoms with Gasteiger partial charge < -0.3 is 5.11 Å². The van der Waals surface area contributed by atoms with Crippen LogP contribution in [0, 0.1) is 0 Å². The van der Waals surface area contributed by atoms with Crippen molar-refractivity contribution in [3.05, 3.63) is 56.7 Å². The molecule has 0 spiro atoms. The lowest BCUT2D eigenvalue weighted by Crippen LogP contribution is -1.97. The second-order valence-corrected chi connectivity index (χ2v) is 4.77. The van der Waals surface area contributed by atoms with Crippen LogP contribution in [-0.4, -0.2) is 5.11 Å². The molecule has 3 heteroatoms. The average molecular weight is 269 g/mol. The van der Waals surface area contributed by atoms with Crippen molar-refractivity contribution >= 4 is 27.3 Å². The van der Waals surface area contributed by atoms with Crippen molar-refractivity contribution in [2.45, 2.75) is 6.10 Å². The number of halogens is 1. The average Bonchev–Trinajstić information content (AvgIpc) is 2.70. The minimum atomic E-state index is -0.523. The van der Waals surface area contributed by atoms with Crippen molar-refractivity contribution in [1.29, 1.82) is 0 Å². The predicted octanol–water partition coefficient (Wildman–Crippen LogP) is 3.59. The third-order valence-electron chi connectivity index (χ3n) is 2.01. The van der Waals surface area contributed by atoms with E-state index in [9.17, 15) is 5.11 Å². The van der Waals surface area contributed by atoms with Crippen molar-refractivity contribution < 1.29 is 5.11 Å². The van der Waals surface area contributed by atoms with Crippen LogP contribution in [-0.2, 0) is 0 Å². The molecule has 0 fully saturated rings. The molecule has 0 radical (unpaired) electrons. The van der Waals surface area contributed by atoms with Gasteiger partial charge in [-0.3, -0.25) is 0 Å². The standard InChI is InChI=1S/C11H9BrOS/c12-9-5-2-1-4-8(9)11(13)10-6-3-7-14-10/h1-7,11,13H. The number of thiophene rings is 1. The lowest BCUT2D eigenvalue weighted by molar-refractivity contribution is 0.223. The Bertz CT molecular complexity index is 411. The summed E-state index contributed by atoms with van der Waals surface area (Å²) < 4.78 is 0.945. The summed E-state index contributed by atoms with van der Waals surface area (Å²) in [5, 5.41) is 12.0. The molecule has 1 heterocycles. The van der Waals surface area contributed by atoms with E-state index in [2.05, 4.69) is 15.9 Å². The van der Waals surface area contributed by atoms with E-state index >= 15 is 0 Å². The molecular formula is C11H9BrOS. The van der Waals surface area contributed by atoms with Gasteiger partial charge in [-0.05, 0) is 23.1 Å². The van der Waals surface area contributed by atoms with Crippen LogP contribution in [0.3, 0.4) is 0 Å². The van der Waals surface area contributed by atoms with Gasteiger partial charge in [0.05, 0.1) is 0 Å². The fraction of sp³-hybridized carbons (Fsp3) is 0.0909. The Kier molecular flexibility index (Phi) is 3.01. The van der Waals surface area contributed by atoms with Gasteiger partial charge >= 0.3 is 0 Å². The monoisotopic (exact) mass is 268 g/mol. The predicted molar refractivity (Wildman–Crippen MR) is 62.5 cm³/mol. The van der Waals surface area contributed by atoms with E-state index < -0.39 is 6.10 Å². The number of aliphatic hydroxyl groups is 1. The first kappa shape index (κ1) is 9.90. The third kappa shape index (κ3) is 1.90. The first-order valence-corrected chi connectivity index (χ1v) is 5.92. The highest BCUT2D eigenvalue weighted by Gasteiger charge is 2.13. The van der Waals surface area contributed by atoms with Crippen LogP contribution in [0.4, 0.5) is 0 Å². The Labute approximate surface area is 95.2 Å². The summed E-state index contributed by atoms with van der Waals surface area (Å²) in [5.41, 5.74) is 0.912. The van der Waals surface area contributed by atoms with Crippen molar-refractivity contribution in [1.82, 2.24) is 0 Å². The number of hydrogen-bond acceptors (Lipinski definition) is 2. The van der Waals surface area contributed by atoms with Gasteiger partial charge in [-0.15, -0.1) is 11.3 Å². The van der Waals surface area contributed by atoms with Crippen molar-refractivity contribution in [2.75, 3.05) is 0 Å². The van der Waals surface area contributed by atoms with E-state index in [0.29, 0.717) is 0 Å². The number of hydrogen-bond donors (Lipinski definition) is 1. The molecule has 2 rings (SSSR count). The van der Waals surface area contributed by atoms with E-state index in [1.807, 2.05) is 41.8 Å². The Morgan fingerprint density at radius 1 is 1.14 bits per heavy atom.